The Hall–Kier alpha value is -1.69. The predicted octanol–water partition coefficient (Wildman–Crippen LogP) is -0.0356. The van der Waals surface area contributed by atoms with Crippen LogP contribution in [-0.4, -0.2) is 37.0 Å². The molecular formula is C10H12O6. The molecule has 0 saturated carbocycles. The first-order valence-electron chi connectivity index (χ1n) is 4.67. The summed E-state index contributed by atoms with van der Waals surface area (Å²) in [5.41, 5.74) is 0. The standard InChI is InChI=1S/C10H12O6/c1-6(11)14-4-8-3-10(16-7(2)12)9(13)5-15-8/h3,8H,4-5H2,1-2H3. The summed E-state index contributed by atoms with van der Waals surface area (Å²) in [7, 11) is 0. The van der Waals surface area contributed by atoms with Crippen molar-refractivity contribution in [3.05, 3.63) is 11.8 Å². The van der Waals surface area contributed by atoms with E-state index in [1.54, 1.807) is 0 Å². The van der Waals surface area contributed by atoms with Crippen molar-refractivity contribution >= 4 is 17.7 Å². The molecule has 0 aromatic carbocycles. The van der Waals surface area contributed by atoms with Gasteiger partial charge in [0.1, 0.15) is 19.3 Å². The van der Waals surface area contributed by atoms with Crippen molar-refractivity contribution < 1.29 is 28.6 Å². The van der Waals surface area contributed by atoms with Crippen molar-refractivity contribution in [1.82, 2.24) is 0 Å². The van der Waals surface area contributed by atoms with Gasteiger partial charge in [0.15, 0.2) is 5.76 Å². The van der Waals surface area contributed by atoms with Crippen molar-refractivity contribution in [2.24, 2.45) is 0 Å². The van der Waals surface area contributed by atoms with Gasteiger partial charge in [-0.3, -0.25) is 14.4 Å². The molecule has 0 N–H and O–H groups in total. The number of carbonyl (C=O) groups is 3. The number of Topliss-reactive ketones (excluding diaryl/α,β-unsaturated/α-hetero) is 1. The van der Waals surface area contributed by atoms with Crippen molar-refractivity contribution in [2.75, 3.05) is 13.2 Å². The second kappa shape index (κ2) is 5.41. The average molecular weight is 228 g/mol. The van der Waals surface area contributed by atoms with E-state index in [9.17, 15) is 14.4 Å². The van der Waals surface area contributed by atoms with Crippen LogP contribution in [0.1, 0.15) is 13.8 Å². The lowest BCUT2D eigenvalue weighted by atomic mass is 10.2. The van der Waals surface area contributed by atoms with Gasteiger partial charge in [-0.25, -0.2) is 0 Å². The second-order valence-electron chi connectivity index (χ2n) is 3.20. The zero-order chi connectivity index (χ0) is 12.1. The fourth-order valence-electron chi connectivity index (χ4n) is 1.11. The smallest absolute Gasteiger partial charge is 0.308 e. The lowest BCUT2D eigenvalue weighted by Crippen LogP contribution is -2.30. The van der Waals surface area contributed by atoms with E-state index in [1.165, 1.54) is 19.9 Å². The molecule has 0 radical (unpaired) electrons. The summed E-state index contributed by atoms with van der Waals surface area (Å²) < 4.78 is 14.5. The van der Waals surface area contributed by atoms with Gasteiger partial charge in [0.2, 0.25) is 5.78 Å². The molecule has 0 bridgehead atoms. The number of hydrogen-bond donors (Lipinski definition) is 0. The third kappa shape index (κ3) is 3.82. The van der Waals surface area contributed by atoms with Crippen LogP contribution in [0.2, 0.25) is 0 Å². The molecule has 0 aromatic rings. The molecular weight excluding hydrogens is 216 g/mol. The minimum absolute atomic E-state index is 0.00657. The number of carbonyl (C=O) groups excluding carboxylic acids is 3. The highest BCUT2D eigenvalue weighted by Gasteiger charge is 2.24. The first-order valence-corrected chi connectivity index (χ1v) is 4.67. The predicted molar refractivity (Wildman–Crippen MR) is 51.2 cm³/mol. The van der Waals surface area contributed by atoms with Gasteiger partial charge in [0.25, 0.3) is 0 Å². The monoisotopic (exact) mass is 228 g/mol. The lowest BCUT2D eigenvalue weighted by molar-refractivity contribution is -0.148. The summed E-state index contributed by atoms with van der Waals surface area (Å²) in [6, 6.07) is 0. The maximum Gasteiger partial charge on any atom is 0.308 e. The molecule has 0 amide bonds. The number of ether oxygens (including phenoxy) is 3. The molecule has 0 aliphatic carbocycles. The van der Waals surface area contributed by atoms with Crippen molar-refractivity contribution in [1.29, 1.82) is 0 Å². The number of ketones is 1. The van der Waals surface area contributed by atoms with Gasteiger partial charge in [0, 0.05) is 13.8 Å². The molecule has 1 atom stereocenters. The van der Waals surface area contributed by atoms with Crippen LogP contribution in [0.5, 0.6) is 0 Å². The minimum Gasteiger partial charge on any atom is -0.463 e. The van der Waals surface area contributed by atoms with Crippen LogP contribution in [0.4, 0.5) is 0 Å². The average Bonchev–Trinajstić information content (AvgIpc) is 2.18. The summed E-state index contributed by atoms with van der Waals surface area (Å²) in [5, 5.41) is 0. The van der Waals surface area contributed by atoms with Gasteiger partial charge in [-0.15, -0.1) is 0 Å². The van der Waals surface area contributed by atoms with Crippen LogP contribution in [0.3, 0.4) is 0 Å². The van der Waals surface area contributed by atoms with Crippen LogP contribution in [0.25, 0.3) is 0 Å². The SMILES string of the molecule is CC(=O)OCC1C=C(OC(C)=O)C(=O)CO1. The largest absolute Gasteiger partial charge is 0.463 e. The van der Waals surface area contributed by atoms with Crippen LogP contribution < -0.4 is 0 Å². The lowest BCUT2D eigenvalue weighted by Gasteiger charge is -2.19. The highest BCUT2D eigenvalue weighted by molar-refractivity contribution is 5.97. The summed E-state index contributed by atoms with van der Waals surface area (Å²) >= 11 is 0. The molecule has 1 aliphatic rings. The zero-order valence-electron chi connectivity index (χ0n) is 9.02. The maximum atomic E-state index is 11.2. The summed E-state index contributed by atoms with van der Waals surface area (Å²) in [5.74, 6) is -1.49. The zero-order valence-corrected chi connectivity index (χ0v) is 9.02. The molecule has 0 fully saturated rings. The minimum atomic E-state index is -0.576. The van der Waals surface area contributed by atoms with Gasteiger partial charge in [-0.05, 0) is 6.08 Å². The van der Waals surface area contributed by atoms with Crippen LogP contribution in [0.15, 0.2) is 11.8 Å². The van der Waals surface area contributed by atoms with Crippen molar-refractivity contribution in [2.45, 2.75) is 20.0 Å². The molecule has 1 heterocycles. The van der Waals surface area contributed by atoms with E-state index in [0.717, 1.165) is 0 Å². The van der Waals surface area contributed by atoms with Crippen LogP contribution >= 0.6 is 0 Å². The highest BCUT2D eigenvalue weighted by Crippen LogP contribution is 2.12. The van der Waals surface area contributed by atoms with Crippen LogP contribution in [-0.2, 0) is 28.6 Å². The Morgan fingerprint density at radius 3 is 2.69 bits per heavy atom. The third-order valence-electron chi connectivity index (χ3n) is 1.75. The van der Waals surface area contributed by atoms with Crippen molar-refractivity contribution in [3.63, 3.8) is 0 Å². The normalized spacial score (nSPS) is 20.0. The Bertz CT molecular complexity index is 343. The Kier molecular flexibility index (Phi) is 4.19. The molecule has 0 spiro atoms. The molecule has 1 aliphatic heterocycles. The van der Waals surface area contributed by atoms with Gasteiger partial charge < -0.3 is 14.2 Å². The third-order valence-corrected chi connectivity index (χ3v) is 1.75. The topological polar surface area (TPSA) is 78.9 Å². The number of esters is 2. The van der Waals surface area contributed by atoms with E-state index in [-0.39, 0.29) is 19.0 Å². The van der Waals surface area contributed by atoms with E-state index >= 15 is 0 Å². The molecule has 1 unspecified atom stereocenters. The highest BCUT2D eigenvalue weighted by atomic mass is 16.6. The molecule has 6 heteroatoms. The van der Waals surface area contributed by atoms with Gasteiger partial charge in [-0.1, -0.05) is 0 Å². The van der Waals surface area contributed by atoms with E-state index in [4.69, 9.17) is 14.2 Å². The molecule has 6 nitrogen and oxygen atoms in total. The van der Waals surface area contributed by atoms with E-state index < -0.39 is 23.8 Å². The first-order chi connectivity index (χ1) is 7.49. The van der Waals surface area contributed by atoms with Crippen LogP contribution in [0, 0.1) is 0 Å². The summed E-state index contributed by atoms with van der Waals surface area (Å²) in [6.45, 7) is 2.27. The number of rotatable bonds is 3. The second-order valence-corrected chi connectivity index (χ2v) is 3.20. The Morgan fingerprint density at radius 1 is 1.44 bits per heavy atom. The molecule has 1 rings (SSSR count). The van der Waals surface area contributed by atoms with Gasteiger partial charge >= 0.3 is 11.9 Å². The summed E-state index contributed by atoms with van der Waals surface area (Å²) in [4.78, 5) is 32.5. The van der Waals surface area contributed by atoms with E-state index in [1.807, 2.05) is 0 Å². The Morgan fingerprint density at radius 2 is 2.12 bits per heavy atom. The van der Waals surface area contributed by atoms with Gasteiger partial charge in [-0.2, -0.15) is 0 Å². The quantitative estimate of drug-likeness (QED) is 0.631. The molecule has 16 heavy (non-hydrogen) atoms. The first kappa shape index (κ1) is 12.4. The summed E-state index contributed by atoms with van der Waals surface area (Å²) in [6.07, 6.45) is 0.770. The van der Waals surface area contributed by atoms with Gasteiger partial charge in [0.05, 0.1) is 0 Å². The maximum absolute atomic E-state index is 11.2. The molecule has 0 saturated heterocycles. The van der Waals surface area contributed by atoms with E-state index in [2.05, 4.69) is 0 Å². The fourth-order valence-corrected chi connectivity index (χ4v) is 1.11. The Labute approximate surface area is 92.2 Å². The van der Waals surface area contributed by atoms with E-state index in [0.29, 0.717) is 0 Å². The molecule has 0 aromatic heterocycles. The fraction of sp³-hybridized carbons (Fsp3) is 0.500. The molecule has 88 valence electrons. The van der Waals surface area contributed by atoms with Crippen molar-refractivity contribution in [3.8, 4) is 0 Å². The number of hydrogen-bond acceptors (Lipinski definition) is 6. The Balaban J connectivity index is 2.61.